The van der Waals surface area contributed by atoms with Crippen LogP contribution in [0.1, 0.15) is 67.3 Å². The van der Waals surface area contributed by atoms with Gasteiger partial charge in [0.15, 0.2) is 5.72 Å². The number of nitrogens with zero attached hydrogens (tertiary/aromatic N) is 1. The van der Waals surface area contributed by atoms with Crippen molar-refractivity contribution in [3.63, 3.8) is 0 Å². The van der Waals surface area contributed by atoms with Crippen LogP contribution in [0.5, 0.6) is 5.75 Å². The van der Waals surface area contributed by atoms with Gasteiger partial charge in [0.1, 0.15) is 5.75 Å². The second-order valence-electron chi connectivity index (χ2n) is 8.52. The molecule has 1 aromatic carbocycles. The average Bonchev–Trinajstić information content (AvgIpc) is 2.84. The van der Waals surface area contributed by atoms with E-state index in [1.54, 1.807) is 11.0 Å². The van der Waals surface area contributed by atoms with Crippen molar-refractivity contribution in [2.45, 2.75) is 70.1 Å². The Hall–Kier alpha value is -2.57. The van der Waals surface area contributed by atoms with Gasteiger partial charge in [-0.15, -0.1) is 0 Å². The minimum Gasteiger partial charge on any atom is -0.467 e. The molecule has 1 saturated heterocycles. The first-order chi connectivity index (χ1) is 13.9. The van der Waals surface area contributed by atoms with Crippen molar-refractivity contribution < 1.29 is 19.1 Å². The van der Waals surface area contributed by atoms with E-state index < -0.39 is 5.72 Å². The van der Waals surface area contributed by atoms with Gasteiger partial charge < -0.3 is 20.3 Å². The van der Waals surface area contributed by atoms with Gasteiger partial charge in [-0.2, -0.15) is 0 Å². The molecule has 1 atom stereocenters. The van der Waals surface area contributed by atoms with Crippen LogP contribution in [0.25, 0.3) is 0 Å². The summed E-state index contributed by atoms with van der Waals surface area (Å²) in [6.45, 7) is 2.37. The maximum atomic E-state index is 12.6. The second-order valence-corrected chi connectivity index (χ2v) is 8.52. The first kappa shape index (κ1) is 19.7. The predicted octanol–water partition coefficient (Wildman–Crippen LogP) is 2.27. The monoisotopic (exact) mass is 399 g/mol. The van der Waals surface area contributed by atoms with Gasteiger partial charge in [-0.05, 0) is 31.9 Å². The van der Waals surface area contributed by atoms with Crippen LogP contribution in [-0.4, -0.2) is 47.5 Å². The first-order valence-corrected chi connectivity index (χ1v) is 10.6. The molecule has 4 rings (SSSR count). The molecule has 0 radical (unpaired) electrons. The molecule has 2 aliphatic heterocycles. The molecule has 0 aromatic heterocycles. The highest BCUT2D eigenvalue weighted by Gasteiger charge is 2.42. The van der Waals surface area contributed by atoms with Gasteiger partial charge in [-0.1, -0.05) is 30.9 Å². The Morgan fingerprint density at radius 1 is 1.24 bits per heavy atom. The molecule has 2 N–H and O–H groups in total. The van der Waals surface area contributed by atoms with E-state index in [1.165, 1.54) is 6.42 Å². The van der Waals surface area contributed by atoms with E-state index in [2.05, 4.69) is 10.6 Å². The van der Waals surface area contributed by atoms with Crippen molar-refractivity contribution in [2.24, 2.45) is 0 Å². The summed E-state index contributed by atoms with van der Waals surface area (Å²) in [5.74, 6) is 0.199. The molecule has 3 aliphatic rings. The lowest BCUT2D eigenvalue weighted by atomic mass is 9.95. The number of amides is 3. The van der Waals surface area contributed by atoms with Crippen molar-refractivity contribution in [2.75, 3.05) is 13.1 Å². The number of fused-ring (bicyclic) bond motifs is 1. The second kappa shape index (κ2) is 8.05. The van der Waals surface area contributed by atoms with Crippen LogP contribution in [0.4, 0.5) is 0 Å². The van der Waals surface area contributed by atoms with E-state index in [-0.39, 0.29) is 36.7 Å². The van der Waals surface area contributed by atoms with Crippen LogP contribution in [-0.2, 0) is 9.59 Å². The Bertz CT molecular complexity index is 818. The van der Waals surface area contributed by atoms with Crippen LogP contribution in [0.2, 0.25) is 0 Å². The third kappa shape index (κ3) is 4.38. The topological polar surface area (TPSA) is 87.7 Å². The zero-order chi connectivity index (χ0) is 20.4. The van der Waals surface area contributed by atoms with E-state index >= 15 is 0 Å². The third-order valence-corrected chi connectivity index (χ3v) is 6.21. The van der Waals surface area contributed by atoms with Gasteiger partial charge >= 0.3 is 0 Å². The van der Waals surface area contributed by atoms with Gasteiger partial charge in [0.25, 0.3) is 5.91 Å². The molecule has 7 heteroatoms. The smallest absolute Gasteiger partial charge is 0.258 e. The summed E-state index contributed by atoms with van der Waals surface area (Å²) in [4.78, 5) is 39.3. The maximum absolute atomic E-state index is 12.6. The van der Waals surface area contributed by atoms with Crippen molar-refractivity contribution in [1.82, 2.24) is 15.5 Å². The summed E-state index contributed by atoms with van der Waals surface area (Å²) in [5.41, 5.74) is 0.614. The molecule has 1 spiro atoms. The van der Waals surface area contributed by atoms with Gasteiger partial charge in [0, 0.05) is 31.8 Å². The minimum atomic E-state index is -0.899. The fourth-order valence-corrected chi connectivity index (χ4v) is 4.54. The van der Waals surface area contributed by atoms with Crippen molar-refractivity contribution >= 4 is 17.7 Å². The highest BCUT2D eigenvalue weighted by Crippen LogP contribution is 2.34. The zero-order valence-corrected chi connectivity index (χ0v) is 17.0. The van der Waals surface area contributed by atoms with E-state index in [1.807, 2.05) is 19.1 Å². The Morgan fingerprint density at radius 3 is 2.83 bits per heavy atom. The molecule has 0 bridgehead atoms. The molecular weight excluding hydrogens is 370 g/mol. The highest BCUT2D eigenvalue weighted by atomic mass is 16.5. The number of ether oxygens (including phenoxy) is 1. The number of hydrogen-bond acceptors (Lipinski definition) is 4. The Labute approximate surface area is 171 Å². The molecule has 29 heavy (non-hydrogen) atoms. The van der Waals surface area contributed by atoms with Crippen LogP contribution in [0.3, 0.4) is 0 Å². The van der Waals surface area contributed by atoms with Crippen LogP contribution >= 0.6 is 0 Å². The largest absolute Gasteiger partial charge is 0.467 e. The van der Waals surface area contributed by atoms with Gasteiger partial charge in [0.2, 0.25) is 11.8 Å². The Kier molecular flexibility index (Phi) is 5.48. The number of benzene rings is 1. The predicted molar refractivity (Wildman–Crippen MR) is 107 cm³/mol. The molecule has 1 saturated carbocycles. The number of carbonyl (C=O) groups excluding carboxylic acids is 3. The number of likely N-dealkylation sites (tertiary alicyclic amines) is 1. The average molecular weight is 399 g/mol. The fraction of sp³-hybridized carbons (Fsp3) is 0.591. The maximum Gasteiger partial charge on any atom is 0.258 e. The van der Waals surface area contributed by atoms with Gasteiger partial charge in [-0.25, -0.2) is 0 Å². The first-order valence-electron chi connectivity index (χ1n) is 10.6. The molecule has 1 aromatic rings. The molecule has 1 unspecified atom stereocenters. The van der Waals surface area contributed by atoms with Crippen LogP contribution in [0, 0.1) is 6.92 Å². The standard InChI is InChI=1S/C22H29N3O4/c1-15-7-8-18-17(13-15)21(28)24-22(29-18)10-9-20(27)25(12-11-22)14-19(26)23-16-5-3-2-4-6-16/h7-8,13,16H,2-6,9-12,14H2,1H3,(H,23,26)(H,24,28). The Balaban J connectivity index is 1.40. The summed E-state index contributed by atoms with van der Waals surface area (Å²) in [5, 5.41) is 6.04. The normalized spacial score (nSPS) is 25.1. The van der Waals surface area contributed by atoms with Gasteiger partial charge in [0.05, 0.1) is 12.1 Å². The highest BCUT2D eigenvalue weighted by molar-refractivity contribution is 5.98. The molecule has 3 amide bonds. The summed E-state index contributed by atoms with van der Waals surface area (Å²) >= 11 is 0. The number of hydrogen-bond donors (Lipinski definition) is 2. The fourth-order valence-electron chi connectivity index (χ4n) is 4.54. The molecule has 156 valence electrons. The van der Waals surface area contributed by atoms with Crippen LogP contribution < -0.4 is 15.4 Å². The molecular formula is C22H29N3O4. The van der Waals surface area contributed by atoms with Crippen molar-refractivity contribution in [3.8, 4) is 5.75 Å². The lowest BCUT2D eigenvalue weighted by Crippen LogP contribution is -2.56. The zero-order valence-electron chi connectivity index (χ0n) is 17.0. The lowest BCUT2D eigenvalue weighted by molar-refractivity contribution is -0.135. The molecule has 2 heterocycles. The van der Waals surface area contributed by atoms with Gasteiger partial charge in [-0.3, -0.25) is 14.4 Å². The SMILES string of the molecule is Cc1ccc2c(c1)C(=O)NC1(CCC(=O)N(CC(=O)NC3CCCCC3)CC1)O2. The third-order valence-electron chi connectivity index (χ3n) is 6.21. The summed E-state index contributed by atoms with van der Waals surface area (Å²) < 4.78 is 6.18. The summed E-state index contributed by atoms with van der Waals surface area (Å²) in [7, 11) is 0. The minimum absolute atomic E-state index is 0.0646. The number of aryl methyl sites for hydroxylation is 1. The van der Waals surface area contributed by atoms with Crippen LogP contribution in [0.15, 0.2) is 18.2 Å². The van der Waals surface area contributed by atoms with E-state index in [4.69, 9.17) is 4.74 Å². The molecule has 1 aliphatic carbocycles. The number of nitrogens with one attached hydrogen (secondary N) is 2. The summed E-state index contributed by atoms with van der Waals surface area (Å²) in [6.07, 6.45) is 6.64. The molecule has 7 nitrogen and oxygen atoms in total. The number of carbonyl (C=O) groups is 3. The lowest BCUT2D eigenvalue weighted by Gasteiger charge is -2.38. The Morgan fingerprint density at radius 2 is 2.03 bits per heavy atom. The molecule has 2 fully saturated rings. The van der Waals surface area contributed by atoms with E-state index in [0.29, 0.717) is 30.7 Å². The summed E-state index contributed by atoms with van der Waals surface area (Å²) in [6, 6.07) is 5.76. The van der Waals surface area contributed by atoms with Crippen molar-refractivity contribution in [3.05, 3.63) is 29.3 Å². The van der Waals surface area contributed by atoms with E-state index in [9.17, 15) is 14.4 Å². The van der Waals surface area contributed by atoms with Crippen molar-refractivity contribution in [1.29, 1.82) is 0 Å². The number of rotatable bonds is 3. The quantitative estimate of drug-likeness (QED) is 0.816. The van der Waals surface area contributed by atoms with E-state index in [0.717, 1.165) is 31.2 Å².